The van der Waals surface area contributed by atoms with E-state index in [2.05, 4.69) is 10.6 Å². The van der Waals surface area contributed by atoms with Crippen LogP contribution in [0.5, 0.6) is 0 Å². The monoisotopic (exact) mass is 347 g/mol. The fourth-order valence-electron chi connectivity index (χ4n) is 2.20. The van der Waals surface area contributed by atoms with Gasteiger partial charge in [0.05, 0.1) is 0 Å². The largest absolute Gasteiger partial charge is 0.357 e. The van der Waals surface area contributed by atoms with Gasteiger partial charge in [-0.15, -0.1) is 0 Å². The molecule has 0 saturated carbocycles. The molecule has 0 aliphatic carbocycles. The SMILES string of the molecule is CNC(=O)[C@@H](NC(=O)[C@@H](CC(=O)NO)CC(C)C)C(C)(C)SC. The van der Waals surface area contributed by atoms with Gasteiger partial charge in [0.25, 0.3) is 0 Å². The molecule has 0 aromatic rings. The standard InChI is InChI=1S/C15H29N3O4S/c1-9(2)7-10(8-11(19)18-22)13(20)17-12(14(21)16-5)15(3,4)23-6/h9-10,12,22H,7-8H2,1-6H3,(H,16,21)(H,17,20)(H,18,19)/t10-,12-/m1/s1. The molecule has 134 valence electrons. The summed E-state index contributed by atoms with van der Waals surface area (Å²) < 4.78 is -0.503. The van der Waals surface area contributed by atoms with E-state index in [1.807, 2.05) is 34.0 Å². The fourth-order valence-corrected chi connectivity index (χ4v) is 2.60. The zero-order chi connectivity index (χ0) is 18.2. The van der Waals surface area contributed by atoms with Crippen LogP contribution in [-0.4, -0.2) is 47.0 Å². The summed E-state index contributed by atoms with van der Waals surface area (Å²) in [5.74, 6) is -1.67. The van der Waals surface area contributed by atoms with Gasteiger partial charge in [-0.2, -0.15) is 11.8 Å². The number of carbonyl (C=O) groups is 3. The maximum absolute atomic E-state index is 12.6. The number of carbonyl (C=O) groups excluding carboxylic acids is 3. The maximum atomic E-state index is 12.6. The molecule has 0 aromatic carbocycles. The molecule has 0 radical (unpaired) electrons. The lowest BCUT2D eigenvalue weighted by atomic mass is 9.92. The number of nitrogens with one attached hydrogen (secondary N) is 3. The Labute approximate surface area is 142 Å². The van der Waals surface area contributed by atoms with Crippen LogP contribution in [0.3, 0.4) is 0 Å². The third-order valence-electron chi connectivity index (χ3n) is 3.70. The number of hydroxylamine groups is 1. The molecule has 0 bridgehead atoms. The minimum atomic E-state index is -0.721. The van der Waals surface area contributed by atoms with E-state index in [1.165, 1.54) is 18.8 Å². The second kappa shape index (κ2) is 9.77. The third-order valence-corrected chi connectivity index (χ3v) is 4.99. The van der Waals surface area contributed by atoms with Crippen LogP contribution in [0.15, 0.2) is 0 Å². The van der Waals surface area contributed by atoms with Crippen LogP contribution in [0.2, 0.25) is 0 Å². The Balaban J connectivity index is 5.23. The van der Waals surface area contributed by atoms with Crippen molar-refractivity contribution in [2.24, 2.45) is 11.8 Å². The van der Waals surface area contributed by atoms with Crippen LogP contribution >= 0.6 is 11.8 Å². The van der Waals surface area contributed by atoms with Crippen LogP contribution in [-0.2, 0) is 14.4 Å². The summed E-state index contributed by atoms with van der Waals surface area (Å²) >= 11 is 1.47. The highest BCUT2D eigenvalue weighted by atomic mass is 32.2. The van der Waals surface area contributed by atoms with Gasteiger partial charge in [-0.25, -0.2) is 5.48 Å². The molecule has 8 heteroatoms. The van der Waals surface area contributed by atoms with Crippen LogP contribution in [0.4, 0.5) is 0 Å². The van der Waals surface area contributed by atoms with Crippen molar-refractivity contribution in [2.75, 3.05) is 13.3 Å². The van der Waals surface area contributed by atoms with Crippen molar-refractivity contribution in [1.82, 2.24) is 16.1 Å². The second-order valence-corrected chi connectivity index (χ2v) is 7.89. The first-order valence-electron chi connectivity index (χ1n) is 7.59. The zero-order valence-corrected chi connectivity index (χ0v) is 15.5. The highest BCUT2D eigenvalue weighted by Crippen LogP contribution is 2.26. The maximum Gasteiger partial charge on any atom is 0.244 e. The van der Waals surface area contributed by atoms with E-state index in [0.29, 0.717) is 6.42 Å². The van der Waals surface area contributed by atoms with Crippen LogP contribution in [0.25, 0.3) is 0 Å². The predicted octanol–water partition coefficient (Wildman–Crippen LogP) is 0.917. The average molecular weight is 347 g/mol. The van der Waals surface area contributed by atoms with Crippen LogP contribution in [0, 0.1) is 11.8 Å². The molecule has 0 spiro atoms. The zero-order valence-electron chi connectivity index (χ0n) is 14.7. The summed E-state index contributed by atoms with van der Waals surface area (Å²) in [6, 6.07) is -0.721. The molecule has 0 aliphatic heterocycles. The quantitative estimate of drug-likeness (QED) is 0.366. The molecule has 2 atom stereocenters. The van der Waals surface area contributed by atoms with Gasteiger partial charge in [0.1, 0.15) is 6.04 Å². The number of likely N-dealkylation sites (N-methyl/N-ethyl adjacent to an activating group) is 1. The second-order valence-electron chi connectivity index (χ2n) is 6.43. The molecular formula is C15H29N3O4S. The molecule has 3 amide bonds. The van der Waals surface area contributed by atoms with Gasteiger partial charge in [-0.1, -0.05) is 13.8 Å². The Morgan fingerprint density at radius 2 is 1.74 bits per heavy atom. The Bertz CT molecular complexity index is 427. The van der Waals surface area contributed by atoms with Gasteiger partial charge in [-0.05, 0) is 32.4 Å². The first kappa shape index (κ1) is 21.7. The van der Waals surface area contributed by atoms with Gasteiger partial charge < -0.3 is 10.6 Å². The number of rotatable bonds is 9. The smallest absolute Gasteiger partial charge is 0.244 e. The molecule has 4 N–H and O–H groups in total. The van der Waals surface area contributed by atoms with Crippen molar-refractivity contribution in [3.63, 3.8) is 0 Å². The average Bonchev–Trinajstić information content (AvgIpc) is 2.49. The highest BCUT2D eigenvalue weighted by molar-refractivity contribution is 8.00. The Morgan fingerprint density at radius 3 is 2.13 bits per heavy atom. The third kappa shape index (κ3) is 7.22. The van der Waals surface area contributed by atoms with Crippen molar-refractivity contribution in [3.05, 3.63) is 0 Å². The molecule has 0 rings (SSSR count). The van der Waals surface area contributed by atoms with Crippen molar-refractivity contribution < 1.29 is 19.6 Å². The van der Waals surface area contributed by atoms with Gasteiger partial charge in [0, 0.05) is 24.1 Å². The Hall–Kier alpha value is -1.28. The van der Waals surface area contributed by atoms with Crippen molar-refractivity contribution in [1.29, 1.82) is 0 Å². The van der Waals surface area contributed by atoms with E-state index in [9.17, 15) is 14.4 Å². The molecule has 0 aromatic heterocycles. The summed E-state index contributed by atoms with van der Waals surface area (Å²) in [5, 5.41) is 14.0. The summed E-state index contributed by atoms with van der Waals surface area (Å²) in [6.07, 6.45) is 2.23. The van der Waals surface area contributed by atoms with E-state index in [4.69, 9.17) is 5.21 Å². The Kier molecular flexibility index (Phi) is 9.23. The predicted molar refractivity (Wildman–Crippen MR) is 91.1 cm³/mol. The molecule has 0 fully saturated rings. The van der Waals surface area contributed by atoms with Crippen molar-refractivity contribution in [3.8, 4) is 0 Å². The molecule has 0 heterocycles. The molecule has 7 nitrogen and oxygen atoms in total. The minimum absolute atomic E-state index is 0.124. The molecule has 23 heavy (non-hydrogen) atoms. The molecule has 0 saturated heterocycles. The van der Waals surface area contributed by atoms with E-state index in [0.717, 1.165) is 0 Å². The first-order chi connectivity index (χ1) is 10.6. The van der Waals surface area contributed by atoms with Gasteiger partial charge in [0.2, 0.25) is 17.7 Å². The molecule has 0 unspecified atom stereocenters. The Morgan fingerprint density at radius 1 is 1.17 bits per heavy atom. The number of amides is 3. The van der Waals surface area contributed by atoms with Crippen LogP contribution in [0.1, 0.15) is 40.5 Å². The number of thioether (sulfide) groups is 1. The van der Waals surface area contributed by atoms with Gasteiger partial charge in [0.15, 0.2) is 0 Å². The normalized spacial score (nSPS) is 14.1. The lowest BCUT2D eigenvalue weighted by Crippen LogP contribution is -2.57. The van der Waals surface area contributed by atoms with Crippen molar-refractivity contribution in [2.45, 2.75) is 51.3 Å². The number of hydrogen-bond acceptors (Lipinski definition) is 5. The van der Waals surface area contributed by atoms with E-state index in [-0.39, 0.29) is 24.2 Å². The summed E-state index contributed by atoms with van der Waals surface area (Å²) in [7, 11) is 1.52. The molecular weight excluding hydrogens is 318 g/mol. The van der Waals surface area contributed by atoms with Gasteiger partial charge in [-0.3, -0.25) is 19.6 Å². The van der Waals surface area contributed by atoms with E-state index < -0.39 is 22.6 Å². The lowest BCUT2D eigenvalue weighted by Gasteiger charge is -2.33. The number of hydrogen-bond donors (Lipinski definition) is 4. The van der Waals surface area contributed by atoms with E-state index >= 15 is 0 Å². The molecule has 0 aliphatic rings. The summed E-state index contributed by atoms with van der Waals surface area (Å²) in [5.41, 5.74) is 1.55. The summed E-state index contributed by atoms with van der Waals surface area (Å²) in [6.45, 7) is 7.63. The first-order valence-corrected chi connectivity index (χ1v) is 8.81. The van der Waals surface area contributed by atoms with Crippen LogP contribution < -0.4 is 16.1 Å². The highest BCUT2D eigenvalue weighted by Gasteiger charge is 2.37. The van der Waals surface area contributed by atoms with Gasteiger partial charge >= 0.3 is 0 Å². The summed E-state index contributed by atoms with van der Waals surface area (Å²) in [4.78, 5) is 36.1. The topological polar surface area (TPSA) is 108 Å². The minimum Gasteiger partial charge on any atom is -0.357 e. The van der Waals surface area contributed by atoms with Crippen molar-refractivity contribution >= 4 is 29.5 Å². The van der Waals surface area contributed by atoms with E-state index in [1.54, 1.807) is 5.48 Å². The fraction of sp³-hybridized carbons (Fsp3) is 0.800. The lowest BCUT2D eigenvalue weighted by molar-refractivity contribution is -0.136.